The summed E-state index contributed by atoms with van der Waals surface area (Å²) < 4.78 is 5.33. The maximum absolute atomic E-state index is 12.7. The maximum atomic E-state index is 12.7. The molecule has 2 aliphatic heterocycles. The van der Waals surface area contributed by atoms with E-state index < -0.39 is 0 Å². The van der Waals surface area contributed by atoms with Gasteiger partial charge in [-0.05, 0) is 87.0 Å². The third kappa shape index (κ3) is 6.18. The van der Waals surface area contributed by atoms with Crippen LogP contribution >= 0.6 is 0 Å². The molecule has 0 aliphatic carbocycles. The van der Waals surface area contributed by atoms with Gasteiger partial charge in [0.15, 0.2) is 11.5 Å². The van der Waals surface area contributed by atoms with Crippen molar-refractivity contribution >= 4 is 11.6 Å². The van der Waals surface area contributed by atoms with Crippen LogP contribution in [0.5, 0.6) is 0 Å². The van der Waals surface area contributed by atoms with Crippen LogP contribution in [0.25, 0.3) is 0 Å². The average Bonchev–Trinajstić information content (AvgIpc) is 3.39. The predicted octanol–water partition coefficient (Wildman–Crippen LogP) is 4.15. The van der Waals surface area contributed by atoms with Gasteiger partial charge in [-0.15, -0.1) is 0 Å². The molecule has 1 amide bonds. The molecule has 0 aromatic heterocycles. The lowest BCUT2D eigenvalue weighted by molar-refractivity contribution is 0.0783. The number of aliphatic hydroxyl groups is 1. The van der Waals surface area contributed by atoms with Gasteiger partial charge in [-0.3, -0.25) is 4.79 Å². The SMILES string of the molecule is C=C1C=COC(CNc2ccc(C#CC#Cc3ccc(C(=O)N4CC[C@@H](N(C)C)C4)cc3)cc2)=C1O. The van der Waals surface area contributed by atoms with Crippen LogP contribution in [0.15, 0.2) is 84.5 Å². The number of nitrogens with zero attached hydrogens (tertiary/aromatic N) is 2. The smallest absolute Gasteiger partial charge is 0.253 e. The number of anilines is 1. The summed E-state index contributed by atoms with van der Waals surface area (Å²) in [5.74, 6) is 12.3. The van der Waals surface area contributed by atoms with Crippen molar-refractivity contribution < 1.29 is 14.6 Å². The van der Waals surface area contributed by atoms with Crippen LogP contribution in [0.3, 0.4) is 0 Å². The van der Waals surface area contributed by atoms with Crippen molar-refractivity contribution in [3.63, 3.8) is 0 Å². The van der Waals surface area contributed by atoms with Gasteiger partial charge >= 0.3 is 0 Å². The van der Waals surface area contributed by atoms with Crippen molar-refractivity contribution in [2.45, 2.75) is 12.5 Å². The molecule has 2 aromatic rings. The zero-order valence-electron chi connectivity index (χ0n) is 20.5. The van der Waals surface area contributed by atoms with Crippen LogP contribution in [0, 0.1) is 23.7 Å². The number of carbonyl (C=O) groups excluding carboxylic acids is 1. The number of aliphatic hydroxyl groups excluding tert-OH is 1. The van der Waals surface area contributed by atoms with Crippen molar-refractivity contribution in [2.24, 2.45) is 0 Å². The Kier molecular flexibility index (Phi) is 7.80. The molecule has 2 N–H and O–H groups in total. The van der Waals surface area contributed by atoms with Crippen molar-refractivity contribution in [1.82, 2.24) is 9.80 Å². The average molecular weight is 480 g/mol. The standard InChI is InChI=1S/C30H29N3O3/c1-22-17-19-36-28(29(22)34)20-31-26-14-10-24(11-15-26)7-5-4-6-23-8-12-25(13-9-23)30(35)33-18-16-27(21-33)32(2)3/h8-15,17,19,27,31,34H,1,16,18,20-21H2,2-3H3/t27-/m1/s1. The highest BCUT2D eigenvalue weighted by atomic mass is 16.5. The van der Waals surface area contributed by atoms with E-state index in [-0.39, 0.29) is 11.7 Å². The van der Waals surface area contributed by atoms with E-state index in [1.54, 1.807) is 6.08 Å². The molecule has 1 saturated heterocycles. The van der Waals surface area contributed by atoms with E-state index in [9.17, 15) is 9.90 Å². The van der Waals surface area contributed by atoms with Crippen LogP contribution in [-0.2, 0) is 4.74 Å². The monoisotopic (exact) mass is 479 g/mol. The fourth-order valence-corrected chi connectivity index (χ4v) is 3.92. The van der Waals surface area contributed by atoms with Gasteiger partial charge in [-0.25, -0.2) is 0 Å². The molecule has 0 unspecified atom stereocenters. The number of hydrogen-bond donors (Lipinski definition) is 2. The largest absolute Gasteiger partial charge is 0.504 e. The first-order valence-corrected chi connectivity index (χ1v) is 11.8. The second-order valence-electron chi connectivity index (χ2n) is 8.88. The van der Waals surface area contributed by atoms with Crippen LogP contribution in [0.1, 0.15) is 27.9 Å². The molecule has 2 heterocycles. The molecule has 1 atom stereocenters. The predicted molar refractivity (Wildman–Crippen MR) is 142 cm³/mol. The van der Waals surface area contributed by atoms with E-state index >= 15 is 0 Å². The minimum absolute atomic E-state index is 0.0528. The molecule has 0 spiro atoms. The van der Waals surface area contributed by atoms with E-state index in [0.717, 1.165) is 36.3 Å². The zero-order valence-corrected chi connectivity index (χ0v) is 20.5. The first-order chi connectivity index (χ1) is 17.4. The molecule has 182 valence electrons. The molecule has 6 nitrogen and oxygen atoms in total. The topological polar surface area (TPSA) is 65.0 Å². The Labute approximate surface area is 212 Å². The molecule has 1 fully saturated rings. The second-order valence-corrected chi connectivity index (χ2v) is 8.88. The molecule has 0 saturated carbocycles. The number of benzene rings is 2. The van der Waals surface area contributed by atoms with Crippen LogP contribution < -0.4 is 5.32 Å². The summed E-state index contributed by atoms with van der Waals surface area (Å²) in [7, 11) is 4.11. The Morgan fingerprint density at radius 3 is 2.36 bits per heavy atom. The van der Waals surface area contributed by atoms with E-state index in [4.69, 9.17) is 4.74 Å². The highest BCUT2D eigenvalue weighted by molar-refractivity contribution is 5.94. The number of hydrogen-bond acceptors (Lipinski definition) is 5. The van der Waals surface area contributed by atoms with E-state index in [1.807, 2.05) is 53.4 Å². The maximum Gasteiger partial charge on any atom is 0.253 e. The van der Waals surface area contributed by atoms with Crippen molar-refractivity contribution in [1.29, 1.82) is 0 Å². The Bertz CT molecular complexity index is 1310. The number of ether oxygens (including phenoxy) is 1. The first kappa shape index (κ1) is 24.7. The zero-order chi connectivity index (χ0) is 25.5. The van der Waals surface area contributed by atoms with E-state index in [2.05, 4.69) is 54.6 Å². The minimum atomic E-state index is 0.0528. The molecular formula is C30H29N3O3. The third-order valence-electron chi connectivity index (χ3n) is 6.17. The van der Waals surface area contributed by atoms with Gasteiger partial charge in [0.05, 0.1) is 12.8 Å². The second kappa shape index (κ2) is 11.4. The van der Waals surface area contributed by atoms with Gasteiger partial charge in [-0.1, -0.05) is 18.4 Å². The lowest BCUT2D eigenvalue weighted by Crippen LogP contribution is -2.34. The number of allylic oxidation sites excluding steroid dienone is 1. The number of carbonyl (C=O) groups is 1. The normalized spacial score (nSPS) is 16.7. The van der Waals surface area contributed by atoms with Crippen molar-refractivity contribution in [2.75, 3.05) is 39.0 Å². The van der Waals surface area contributed by atoms with Gasteiger partial charge in [0.25, 0.3) is 5.91 Å². The van der Waals surface area contributed by atoms with Crippen molar-refractivity contribution in [3.05, 3.63) is 101 Å². The molecule has 4 rings (SSSR count). The molecule has 36 heavy (non-hydrogen) atoms. The van der Waals surface area contributed by atoms with Crippen molar-refractivity contribution in [3.8, 4) is 23.7 Å². The highest BCUT2D eigenvalue weighted by Gasteiger charge is 2.27. The lowest BCUT2D eigenvalue weighted by atomic mass is 10.1. The number of nitrogens with one attached hydrogen (secondary N) is 1. The minimum Gasteiger partial charge on any atom is -0.504 e. The van der Waals surface area contributed by atoms with E-state index in [1.165, 1.54) is 6.26 Å². The van der Waals surface area contributed by atoms with Gasteiger partial charge in [0.1, 0.15) is 0 Å². The quantitative estimate of drug-likeness (QED) is 0.631. The summed E-state index contributed by atoms with van der Waals surface area (Å²) in [5.41, 5.74) is 3.73. The van der Waals surface area contributed by atoms with Gasteiger partial charge < -0.3 is 25.0 Å². The van der Waals surface area contributed by atoms with Gasteiger partial charge in [0, 0.05) is 47.1 Å². The highest BCUT2D eigenvalue weighted by Crippen LogP contribution is 2.20. The Morgan fingerprint density at radius 2 is 1.75 bits per heavy atom. The Morgan fingerprint density at radius 1 is 1.11 bits per heavy atom. The number of rotatable bonds is 5. The number of amides is 1. The summed E-state index contributed by atoms with van der Waals surface area (Å²) in [6.07, 6.45) is 4.12. The summed E-state index contributed by atoms with van der Waals surface area (Å²) in [5, 5.41) is 13.2. The fraction of sp³-hybridized carbons (Fsp3) is 0.233. The lowest BCUT2D eigenvalue weighted by Gasteiger charge is -2.20. The van der Waals surface area contributed by atoms with Gasteiger partial charge in [-0.2, -0.15) is 0 Å². The third-order valence-corrected chi connectivity index (χ3v) is 6.17. The van der Waals surface area contributed by atoms with E-state index in [0.29, 0.717) is 29.5 Å². The Balaban J connectivity index is 1.29. The van der Waals surface area contributed by atoms with Gasteiger partial charge in [0.2, 0.25) is 0 Å². The first-order valence-electron chi connectivity index (χ1n) is 11.8. The number of likely N-dealkylation sites (N-methyl/N-ethyl adjacent to an activating group) is 1. The van der Waals surface area contributed by atoms with Crippen LogP contribution in [0.4, 0.5) is 5.69 Å². The molecule has 6 heteroatoms. The summed E-state index contributed by atoms with van der Waals surface area (Å²) in [6.45, 7) is 5.65. The summed E-state index contributed by atoms with van der Waals surface area (Å²) in [4.78, 5) is 16.8. The molecular weight excluding hydrogens is 450 g/mol. The Hall–Kier alpha value is -4.39. The summed E-state index contributed by atoms with van der Waals surface area (Å²) in [6, 6.07) is 15.4. The van der Waals surface area contributed by atoms with Crippen LogP contribution in [-0.4, -0.2) is 60.6 Å². The van der Waals surface area contributed by atoms with Crippen LogP contribution in [0.2, 0.25) is 0 Å². The molecule has 2 aliphatic rings. The molecule has 0 bridgehead atoms. The molecule has 2 aromatic carbocycles. The fourth-order valence-electron chi connectivity index (χ4n) is 3.92. The number of likely N-dealkylation sites (tertiary alicyclic amines) is 1. The molecule has 0 radical (unpaired) electrons. The summed E-state index contributed by atoms with van der Waals surface area (Å²) >= 11 is 0.